The fourth-order valence-corrected chi connectivity index (χ4v) is 5.19. The lowest BCUT2D eigenvalue weighted by atomic mass is 10.2. The number of aromatic nitrogens is 2. The predicted octanol–water partition coefficient (Wildman–Crippen LogP) is 5.47. The van der Waals surface area contributed by atoms with Crippen LogP contribution in [0.15, 0.2) is 48.5 Å². The van der Waals surface area contributed by atoms with Crippen molar-refractivity contribution in [2.45, 2.75) is 31.8 Å². The van der Waals surface area contributed by atoms with Gasteiger partial charge in [-0.25, -0.2) is 9.97 Å². The third-order valence-corrected chi connectivity index (χ3v) is 6.40. The molecule has 25 heavy (non-hydrogen) atoms. The average molecular weight is 368 g/mol. The van der Waals surface area contributed by atoms with Gasteiger partial charge in [0, 0.05) is 0 Å². The van der Waals surface area contributed by atoms with Crippen molar-refractivity contribution in [2.24, 2.45) is 0 Å². The van der Waals surface area contributed by atoms with Crippen LogP contribution >= 0.6 is 22.7 Å². The van der Waals surface area contributed by atoms with Crippen molar-refractivity contribution < 1.29 is 9.47 Å². The van der Waals surface area contributed by atoms with Crippen LogP contribution in [0.1, 0.15) is 36.1 Å². The molecule has 0 unspecified atom stereocenters. The van der Waals surface area contributed by atoms with Gasteiger partial charge in [0.25, 0.3) is 0 Å². The van der Waals surface area contributed by atoms with Crippen molar-refractivity contribution in [3.63, 3.8) is 0 Å². The maximum atomic E-state index is 6.22. The second-order valence-corrected chi connectivity index (χ2v) is 8.64. The summed E-state index contributed by atoms with van der Waals surface area (Å²) >= 11 is 3.32. The summed E-state index contributed by atoms with van der Waals surface area (Å²) in [5.41, 5.74) is 2.00. The fourth-order valence-electron chi connectivity index (χ4n) is 3.15. The molecular formula is C19H16N2O2S2. The molecule has 0 bridgehead atoms. The Hall–Kier alpha value is -1.86. The number of hydrogen-bond donors (Lipinski definition) is 0. The molecule has 3 heterocycles. The van der Waals surface area contributed by atoms with Crippen molar-refractivity contribution >= 4 is 43.1 Å². The van der Waals surface area contributed by atoms with Crippen LogP contribution in [0.25, 0.3) is 20.4 Å². The van der Waals surface area contributed by atoms with Gasteiger partial charge in [-0.3, -0.25) is 0 Å². The van der Waals surface area contributed by atoms with Crippen LogP contribution < -0.4 is 0 Å². The third-order valence-electron chi connectivity index (χ3n) is 4.20. The normalized spacial score (nSPS) is 22.8. The van der Waals surface area contributed by atoms with E-state index in [9.17, 15) is 0 Å². The summed E-state index contributed by atoms with van der Waals surface area (Å²) < 4.78 is 14.8. The number of thiazole rings is 2. The topological polar surface area (TPSA) is 44.2 Å². The van der Waals surface area contributed by atoms with Crippen molar-refractivity contribution in [3.8, 4) is 0 Å². The lowest BCUT2D eigenvalue weighted by Gasteiger charge is -2.15. The van der Waals surface area contributed by atoms with Crippen LogP contribution in [0, 0.1) is 0 Å². The van der Waals surface area contributed by atoms with Crippen LogP contribution in [0.4, 0.5) is 0 Å². The van der Waals surface area contributed by atoms with Crippen molar-refractivity contribution in [1.82, 2.24) is 9.97 Å². The van der Waals surface area contributed by atoms with E-state index in [1.54, 1.807) is 22.7 Å². The molecule has 2 aromatic carbocycles. The highest BCUT2D eigenvalue weighted by Gasteiger charge is 2.46. The highest BCUT2D eigenvalue weighted by Crippen LogP contribution is 2.49. The number of nitrogens with zero attached hydrogens (tertiary/aromatic N) is 2. The van der Waals surface area contributed by atoms with Gasteiger partial charge in [-0.05, 0) is 38.1 Å². The Morgan fingerprint density at radius 2 is 1.20 bits per heavy atom. The van der Waals surface area contributed by atoms with E-state index in [1.165, 1.54) is 0 Å². The maximum Gasteiger partial charge on any atom is 0.164 e. The van der Waals surface area contributed by atoms with Crippen LogP contribution in [-0.2, 0) is 9.47 Å². The first-order valence-electron chi connectivity index (χ1n) is 8.16. The van der Waals surface area contributed by atoms with Gasteiger partial charge in [-0.2, -0.15) is 0 Å². The van der Waals surface area contributed by atoms with Gasteiger partial charge in [0.2, 0.25) is 0 Å². The molecule has 0 N–H and O–H groups in total. The second kappa shape index (κ2) is 5.57. The van der Waals surface area contributed by atoms with Gasteiger partial charge in [0.15, 0.2) is 5.79 Å². The number of hydrogen-bond acceptors (Lipinski definition) is 6. The SMILES string of the molecule is CC1(C)O[C@H](c2nc3ccccc3s2)[C@@H](c2nc3ccccc3s2)O1. The molecule has 2 aromatic heterocycles. The zero-order valence-corrected chi connectivity index (χ0v) is 15.4. The molecule has 0 amide bonds. The van der Waals surface area contributed by atoms with Gasteiger partial charge in [-0.1, -0.05) is 24.3 Å². The number of para-hydroxylation sites is 2. The summed E-state index contributed by atoms with van der Waals surface area (Å²) in [5.74, 6) is -0.662. The van der Waals surface area contributed by atoms with Gasteiger partial charge < -0.3 is 9.47 Å². The van der Waals surface area contributed by atoms with E-state index in [-0.39, 0.29) is 12.2 Å². The molecule has 4 aromatic rings. The Kier molecular flexibility index (Phi) is 3.43. The van der Waals surface area contributed by atoms with Gasteiger partial charge in [0.1, 0.15) is 22.2 Å². The summed E-state index contributed by atoms with van der Waals surface area (Å²) in [6.45, 7) is 3.89. The van der Waals surface area contributed by atoms with E-state index in [4.69, 9.17) is 19.4 Å². The smallest absolute Gasteiger partial charge is 0.164 e. The third kappa shape index (κ3) is 2.66. The molecule has 1 aliphatic rings. The predicted molar refractivity (Wildman–Crippen MR) is 101 cm³/mol. The molecule has 126 valence electrons. The summed E-state index contributed by atoms with van der Waals surface area (Å²) in [7, 11) is 0. The molecule has 1 aliphatic heterocycles. The Morgan fingerprint density at radius 1 is 0.760 bits per heavy atom. The largest absolute Gasteiger partial charge is 0.337 e. The number of ether oxygens (including phenoxy) is 2. The van der Waals surface area contributed by atoms with E-state index < -0.39 is 5.79 Å². The molecule has 4 nitrogen and oxygen atoms in total. The lowest BCUT2D eigenvalue weighted by molar-refractivity contribution is -0.147. The van der Waals surface area contributed by atoms with Gasteiger partial charge in [-0.15, -0.1) is 22.7 Å². The van der Waals surface area contributed by atoms with E-state index in [1.807, 2.05) is 50.2 Å². The zero-order valence-electron chi connectivity index (χ0n) is 13.8. The summed E-state index contributed by atoms with van der Waals surface area (Å²) in [5, 5.41) is 1.88. The Bertz CT molecular complexity index is 919. The lowest BCUT2D eigenvalue weighted by Crippen LogP contribution is -2.19. The second-order valence-electron chi connectivity index (χ2n) is 6.52. The minimum atomic E-state index is -0.662. The molecule has 1 saturated heterocycles. The highest BCUT2D eigenvalue weighted by atomic mass is 32.1. The number of rotatable bonds is 2. The van der Waals surface area contributed by atoms with Gasteiger partial charge in [0.05, 0.1) is 20.4 Å². The van der Waals surface area contributed by atoms with Crippen LogP contribution in [-0.4, -0.2) is 15.8 Å². The highest BCUT2D eigenvalue weighted by molar-refractivity contribution is 7.19. The Balaban J connectivity index is 1.60. The summed E-state index contributed by atoms with van der Waals surface area (Å²) in [6, 6.07) is 16.3. The van der Waals surface area contributed by atoms with Gasteiger partial charge >= 0.3 is 0 Å². The maximum absolute atomic E-state index is 6.22. The minimum Gasteiger partial charge on any atom is -0.337 e. The van der Waals surface area contributed by atoms with Crippen molar-refractivity contribution in [1.29, 1.82) is 0 Å². The average Bonchev–Trinajstić information content (AvgIpc) is 3.27. The van der Waals surface area contributed by atoms with E-state index >= 15 is 0 Å². The standard InChI is InChI=1S/C19H16N2O2S2/c1-19(2)22-15(17-20-11-7-3-5-9-13(11)24-17)16(23-19)18-21-12-8-4-6-10-14(12)25-18/h3-10,15-16H,1-2H3/t15-,16-/m0/s1. The minimum absolute atomic E-state index is 0.243. The van der Waals surface area contributed by atoms with E-state index in [2.05, 4.69) is 12.1 Å². The molecule has 5 rings (SSSR count). The molecule has 6 heteroatoms. The summed E-state index contributed by atoms with van der Waals surface area (Å²) in [6.07, 6.45) is -0.485. The van der Waals surface area contributed by atoms with E-state index in [0.29, 0.717) is 0 Å². The Labute approximate surface area is 153 Å². The Morgan fingerprint density at radius 3 is 1.64 bits per heavy atom. The zero-order chi connectivity index (χ0) is 17.0. The summed E-state index contributed by atoms with van der Waals surface area (Å²) in [4.78, 5) is 9.56. The van der Waals surface area contributed by atoms with Crippen molar-refractivity contribution in [3.05, 3.63) is 58.5 Å². The first-order chi connectivity index (χ1) is 12.1. The fraction of sp³-hybridized carbons (Fsp3) is 0.263. The molecule has 0 radical (unpaired) electrons. The van der Waals surface area contributed by atoms with Crippen LogP contribution in [0.2, 0.25) is 0 Å². The number of benzene rings is 2. The molecule has 0 aliphatic carbocycles. The van der Waals surface area contributed by atoms with Crippen LogP contribution in [0.5, 0.6) is 0 Å². The van der Waals surface area contributed by atoms with Crippen LogP contribution in [0.3, 0.4) is 0 Å². The first kappa shape index (κ1) is 15.4. The van der Waals surface area contributed by atoms with Crippen molar-refractivity contribution in [2.75, 3.05) is 0 Å². The molecule has 1 fully saturated rings. The molecule has 0 spiro atoms. The van der Waals surface area contributed by atoms with E-state index in [0.717, 1.165) is 30.4 Å². The first-order valence-corrected chi connectivity index (χ1v) is 9.79. The quantitative estimate of drug-likeness (QED) is 0.470. The number of fused-ring (bicyclic) bond motifs is 2. The molecule has 0 saturated carbocycles. The molecular weight excluding hydrogens is 352 g/mol. The molecule has 2 atom stereocenters. The monoisotopic (exact) mass is 368 g/mol.